The summed E-state index contributed by atoms with van der Waals surface area (Å²) in [6.07, 6.45) is 0.714. The zero-order valence-electron chi connectivity index (χ0n) is 16.7. The van der Waals surface area contributed by atoms with Crippen molar-refractivity contribution in [2.45, 2.75) is 5.60 Å². The number of hydrazine groups is 1. The molecule has 0 aromatic heterocycles. The lowest BCUT2D eigenvalue weighted by molar-refractivity contribution is -0.142. The number of carbonyl (C=O) groups is 3. The van der Waals surface area contributed by atoms with Crippen LogP contribution in [-0.2, 0) is 20.0 Å². The first-order valence-corrected chi connectivity index (χ1v) is 9.85. The van der Waals surface area contributed by atoms with Gasteiger partial charge in [0.05, 0.1) is 0 Å². The predicted molar refractivity (Wildman–Crippen MR) is 119 cm³/mol. The fraction of sp³-hybridized carbons (Fsp3) is 0.0417. The first-order chi connectivity index (χ1) is 15.3. The average Bonchev–Trinajstić information content (AvgIpc) is 2.83. The molecule has 0 unspecified atom stereocenters. The normalized spacial score (nSPS) is 11.5. The molecule has 3 aromatic carbocycles. The highest BCUT2D eigenvalue weighted by atomic mass is 35.5. The van der Waals surface area contributed by atoms with Crippen molar-refractivity contribution in [2.24, 2.45) is 0 Å². The molecule has 0 saturated heterocycles. The highest BCUT2D eigenvalue weighted by molar-refractivity contribution is 6.41. The van der Waals surface area contributed by atoms with E-state index in [0.717, 1.165) is 0 Å². The largest absolute Gasteiger partial charge is 0.507 e. The van der Waals surface area contributed by atoms with Gasteiger partial charge in [-0.05, 0) is 35.4 Å². The van der Waals surface area contributed by atoms with E-state index < -0.39 is 29.0 Å². The average molecular weight is 451 g/mol. The second-order valence-corrected chi connectivity index (χ2v) is 7.19. The molecule has 0 spiro atoms. The van der Waals surface area contributed by atoms with Crippen LogP contribution in [0.1, 0.15) is 16.7 Å². The van der Waals surface area contributed by atoms with Crippen LogP contribution in [0.15, 0.2) is 91.0 Å². The van der Waals surface area contributed by atoms with E-state index in [0.29, 0.717) is 11.1 Å². The van der Waals surface area contributed by atoms with E-state index in [-0.39, 0.29) is 16.7 Å². The second-order valence-electron chi connectivity index (χ2n) is 6.75. The Balaban J connectivity index is 1.75. The number of rotatable bonds is 6. The van der Waals surface area contributed by atoms with Crippen molar-refractivity contribution >= 4 is 35.0 Å². The number of nitrogens with one attached hydrogen (secondary N) is 2. The number of halogens is 1. The maximum absolute atomic E-state index is 12.9. The van der Waals surface area contributed by atoms with Gasteiger partial charge < -0.3 is 10.2 Å². The number of aliphatic hydroxyl groups is 2. The number of benzene rings is 3. The maximum Gasteiger partial charge on any atom is 0.310 e. The molecule has 0 heterocycles. The molecule has 2 amide bonds. The van der Waals surface area contributed by atoms with Crippen molar-refractivity contribution in [1.82, 2.24) is 10.9 Å². The summed E-state index contributed by atoms with van der Waals surface area (Å²) in [6.45, 7) is 0. The van der Waals surface area contributed by atoms with Crippen molar-refractivity contribution in [1.29, 1.82) is 0 Å². The highest BCUT2D eigenvalue weighted by Gasteiger charge is 2.40. The minimum atomic E-state index is -2.12. The Hall–Kier alpha value is -3.94. The third kappa shape index (κ3) is 5.03. The first kappa shape index (κ1) is 22.7. The van der Waals surface area contributed by atoms with Gasteiger partial charge in [-0.25, -0.2) is 0 Å². The van der Waals surface area contributed by atoms with Crippen molar-refractivity contribution < 1.29 is 24.6 Å². The van der Waals surface area contributed by atoms with Crippen LogP contribution < -0.4 is 10.9 Å². The highest BCUT2D eigenvalue weighted by Crippen LogP contribution is 2.29. The van der Waals surface area contributed by atoms with Crippen molar-refractivity contribution in [3.8, 4) is 0 Å². The third-order valence-corrected chi connectivity index (χ3v) is 4.88. The van der Waals surface area contributed by atoms with Crippen LogP contribution in [0.4, 0.5) is 0 Å². The fourth-order valence-electron chi connectivity index (χ4n) is 2.95. The Morgan fingerprint density at radius 3 is 1.78 bits per heavy atom. The molecule has 4 N–H and O–H groups in total. The lowest BCUT2D eigenvalue weighted by Gasteiger charge is -2.27. The van der Waals surface area contributed by atoms with Gasteiger partial charge in [0, 0.05) is 16.7 Å². The van der Waals surface area contributed by atoms with E-state index in [4.69, 9.17) is 11.6 Å². The van der Waals surface area contributed by atoms with Gasteiger partial charge in [0.25, 0.3) is 5.91 Å². The van der Waals surface area contributed by atoms with Gasteiger partial charge in [-0.1, -0.05) is 72.3 Å². The summed E-state index contributed by atoms with van der Waals surface area (Å²) in [5.74, 6) is -3.73. The molecule has 7 nitrogen and oxygen atoms in total. The van der Waals surface area contributed by atoms with Gasteiger partial charge >= 0.3 is 5.91 Å². The molecule has 0 fully saturated rings. The first-order valence-electron chi connectivity index (χ1n) is 9.47. The molecule has 3 rings (SSSR count). The Morgan fingerprint density at radius 2 is 1.28 bits per heavy atom. The number of aliphatic hydroxyl groups excluding tert-OH is 1. The summed E-state index contributed by atoms with van der Waals surface area (Å²) in [7, 11) is 0. The Bertz CT molecular complexity index is 1110. The molecule has 0 saturated carbocycles. The van der Waals surface area contributed by atoms with Gasteiger partial charge in [-0.15, -0.1) is 0 Å². The monoisotopic (exact) mass is 450 g/mol. The third-order valence-electron chi connectivity index (χ3n) is 4.63. The summed E-state index contributed by atoms with van der Waals surface area (Å²) < 4.78 is 0. The maximum atomic E-state index is 12.9. The van der Waals surface area contributed by atoms with Gasteiger partial charge in [-0.3, -0.25) is 25.2 Å². The van der Waals surface area contributed by atoms with Gasteiger partial charge in [0.1, 0.15) is 5.76 Å². The van der Waals surface area contributed by atoms with E-state index in [1.807, 2.05) is 5.43 Å². The van der Waals surface area contributed by atoms with Crippen LogP contribution in [-0.4, -0.2) is 27.8 Å². The molecule has 162 valence electrons. The van der Waals surface area contributed by atoms with Crippen LogP contribution in [0.2, 0.25) is 5.02 Å². The Labute approximate surface area is 188 Å². The molecule has 32 heavy (non-hydrogen) atoms. The molecule has 0 atom stereocenters. The van der Waals surface area contributed by atoms with Crippen molar-refractivity contribution in [3.63, 3.8) is 0 Å². The number of hydrogen-bond acceptors (Lipinski definition) is 5. The van der Waals surface area contributed by atoms with Crippen LogP contribution in [0.25, 0.3) is 5.76 Å². The number of ketones is 1. The molecule has 0 aliphatic carbocycles. The summed E-state index contributed by atoms with van der Waals surface area (Å²) in [4.78, 5) is 37.1. The van der Waals surface area contributed by atoms with E-state index in [1.54, 1.807) is 60.7 Å². The van der Waals surface area contributed by atoms with Gasteiger partial charge in [0.15, 0.2) is 5.60 Å². The number of amides is 2. The van der Waals surface area contributed by atoms with Crippen LogP contribution in [0.5, 0.6) is 0 Å². The lowest BCUT2D eigenvalue weighted by Crippen LogP contribution is -2.53. The van der Waals surface area contributed by atoms with E-state index >= 15 is 0 Å². The molecule has 0 aliphatic heterocycles. The molecule has 0 bridgehead atoms. The van der Waals surface area contributed by atoms with Crippen LogP contribution >= 0.6 is 11.6 Å². The van der Waals surface area contributed by atoms with Crippen LogP contribution in [0, 0.1) is 0 Å². The summed E-state index contributed by atoms with van der Waals surface area (Å²) >= 11 is 5.78. The van der Waals surface area contributed by atoms with Gasteiger partial charge in [-0.2, -0.15) is 0 Å². The summed E-state index contributed by atoms with van der Waals surface area (Å²) in [5, 5.41) is 21.7. The molecule has 0 aliphatic rings. The van der Waals surface area contributed by atoms with Gasteiger partial charge in [0.2, 0.25) is 5.78 Å². The van der Waals surface area contributed by atoms with E-state index in [9.17, 15) is 24.6 Å². The Kier molecular flexibility index (Phi) is 7.04. The van der Waals surface area contributed by atoms with Crippen molar-refractivity contribution in [2.75, 3.05) is 0 Å². The molecular formula is C24H19ClN2O5. The quantitative estimate of drug-likeness (QED) is 0.199. The zero-order chi connectivity index (χ0) is 23.1. The van der Waals surface area contributed by atoms with Crippen LogP contribution in [0.3, 0.4) is 0 Å². The number of hydrogen-bond donors (Lipinski definition) is 4. The zero-order valence-corrected chi connectivity index (χ0v) is 17.4. The topological polar surface area (TPSA) is 116 Å². The molecule has 8 heteroatoms. The lowest BCUT2D eigenvalue weighted by atomic mass is 9.85. The minimum absolute atomic E-state index is 0.268. The minimum Gasteiger partial charge on any atom is -0.507 e. The second kappa shape index (κ2) is 9.91. The molecule has 3 aromatic rings. The number of carbonyl (C=O) groups excluding carboxylic acids is 3. The van der Waals surface area contributed by atoms with E-state index in [2.05, 4.69) is 5.43 Å². The smallest absolute Gasteiger partial charge is 0.310 e. The predicted octanol–water partition coefficient (Wildman–Crippen LogP) is 2.89. The standard InChI is InChI=1S/C24H19ClN2O5/c25-19-13-11-16(12-14-19)20(28)15-21(29)22(30)26-27-23(31)24(32,17-7-3-1-4-8-17)18-9-5-2-6-10-18/h1-15,28,32H,(H,26,30)(H,27,31). The Morgan fingerprint density at radius 1 is 0.781 bits per heavy atom. The molecular weight excluding hydrogens is 432 g/mol. The molecule has 0 radical (unpaired) electrons. The summed E-state index contributed by atoms with van der Waals surface area (Å²) in [6, 6.07) is 22.3. The van der Waals surface area contributed by atoms with Crippen molar-refractivity contribution in [3.05, 3.63) is 113 Å². The summed E-state index contributed by atoms with van der Waals surface area (Å²) in [5.41, 5.74) is 2.74. The van der Waals surface area contributed by atoms with E-state index in [1.165, 1.54) is 24.3 Å². The fourth-order valence-corrected chi connectivity index (χ4v) is 3.07. The SMILES string of the molecule is O=C(C=C(O)c1ccc(Cl)cc1)C(=O)NNC(=O)C(O)(c1ccccc1)c1ccccc1.